The molecule has 3 atom stereocenters. The molecule has 2 rings (SSSR count). The molecular weight excluding hydrogens is 188 g/mol. The summed E-state index contributed by atoms with van der Waals surface area (Å²) in [4.78, 5) is 14.4. The fraction of sp³-hybridized carbons (Fsp3) is 0.917. The zero-order valence-corrected chi connectivity index (χ0v) is 9.83. The highest BCUT2D eigenvalue weighted by molar-refractivity contribution is 5.80. The van der Waals surface area contributed by atoms with Crippen LogP contribution in [0.4, 0.5) is 0 Å². The van der Waals surface area contributed by atoms with Gasteiger partial charge in [0.25, 0.3) is 0 Å². The molecule has 0 bridgehead atoms. The van der Waals surface area contributed by atoms with Gasteiger partial charge in [0.15, 0.2) is 0 Å². The van der Waals surface area contributed by atoms with Crippen molar-refractivity contribution in [1.82, 2.24) is 10.2 Å². The van der Waals surface area contributed by atoms with Gasteiger partial charge in [-0.2, -0.15) is 0 Å². The molecule has 0 radical (unpaired) electrons. The SMILES string of the molecule is CC1NCCCC1C(=O)N1CCCC1C. The summed E-state index contributed by atoms with van der Waals surface area (Å²) in [6.45, 7) is 6.36. The summed E-state index contributed by atoms with van der Waals surface area (Å²) in [5.41, 5.74) is 0. The van der Waals surface area contributed by atoms with Crippen molar-refractivity contribution in [3.05, 3.63) is 0 Å². The first-order valence-corrected chi connectivity index (χ1v) is 6.24. The minimum absolute atomic E-state index is 0.222. The largest absolute Gasteiger partial charge is 0.340 e. The molecule has 3 unspecified atom stereocenters. The monoisotopic (exact) mass is 210 g/mol. The number of likely N-dealkylation sites (tertiary alicyclic amines) is 1. The molecule has 3 heteroatoms. The molecule has 3 nitrogen and oxygen atoms in total. The Morgan fingerprint density at radius 1 is 1.27 bits per heavy atom. The quantitative estimate of drug-likeness (QED) is 0.709. The van der Waals surface area contributed by atoms with Crippen molar-refractivity contribution in [1.29, 1.82) is 0 Å². The molecule has 0 aromatic rings. The highest BCUT2D eigenvalue weighted by Crippen LogP contribution is 2.24. The Kier molecular flexibility index (Phi) is 3.29. The van der Waals surface area contributed by atoms with Crippen LogP contribution in [0.2, 0.25) is 0 Å². The Morgan fingerprint density at radius 3 is 2.67 bits per heavy atom. The fourth-order valence-electron chi connectivity index (χ4n) is 2.85. The van der Waals surface area contributed by atoms with Gasteiger partial charge in [0, 0.05) is 18.6 Å². The summed E-state index contributed by atoms with van der Waals surface area (Å²) in [5.74, 6) is 0.610. The lowest BCUT2D eigenvalue weighted by Gasteiger charge is -2.33. The number of hydrogen-bond donors (Lipinski definition) is 1. The van der Waals surface area contributed by atoms with Crippen molar-refractivity contribution in [2.45, 2.75) is 51.6 Å². The molecule has 0 aliphatic carbocycles. The zero-order chi connectivity index (χ0) is 10.8. The summed E-state index contributed by atoms with van der Waals surface area (Å²) in [7, 11) is 0. The number of piperidine rings is 1. The molecule has 0 spiro atoms. The smallest absolute Gasteiger partial charge is 0.227 e. The Morgan fingerprint density at radius 2 is 2.07 bits per heavy atom. The lowest BCUT2D eigenvalue weighted by molar-refractivity contribution is -0.137. The van der Waals surface area contributed by atoms with Crippen molar-refractivity contribution >= 4 is 5.91 Å². The highest BCUT2D eigenvalue weighted by Gasteiger charge is 2.34. The van der Waals surface area contributed by atoms with E-state index in [2.05, 4.69) is 24.1 Å². The summed E-state index contributed by atoms with van der Waals surface area (Å²) in [6, 6.07) is 0.825. The maximum absolute atomic E-state index is 12.3. The van der Waals surface area contributed by atoms with Crippen LogP contribution in [0.15, 0.2) is 0 Å². The van der Waals surface area contributed by atoms with E-state index in [1.807, 2.05) is 0 Å². The molecule has 2 saturated heterocycles. The first-order valence-electron chi connectivity index (χ1n) is 6.24. The Balaban J connectivity index is 1.99. The second-order valence-corrected chi connectivity index (χ2v) is 5.01. The van der Waals surface area contributed by atoms with Gasteiger partial charge < -0.3 is 10.2 Å². The number of carbonyl (C=O) groups is 1. The Labute approximate surface area is 92.2 Å². The molecule has 2 heterocycles. The zero-order valence-electron chi connectivity index (χ0n) is 9.83. The maximum atomic E-state index is 12.3. The second-order valence-electron chi connectivity index (χ2n) is 5.01. The van der Waals surface area contributed by atoms with Gasteiger partial charge in [-0.15, -0.1) is 0 Å². The van der Waals surface area contributed by atoms with E-state index in [0.717, 1.165) is 25.9 Å². The molecule has 2 fully saturated rings. The van der Waals surface area contributed by atoms with E-state index in [9.17, 15) is 4.79 Å². The lowest BCUT2D eigenvalue weighted by Crippen LogP contribution is -2.48. The number of nitrogens with one attached hydrogen (secondary N) is 1. The van der Waals surface area contributed by atoms with E-state index >= 15 is 0 Å². The summed E-state index contributed by atoms with van der Waals surface area (Å²) in [6.07, 6.45) is 4.57. The van der Waals surface area contributed by atoms with Gasteiger partial charge in [0.1, 0.15) is 0 Å². The minimum Gasteiger partial charge on any atom is -0.340 e. The fourth-order valence-corrected chi connectivity index (χ4v) is 2.85. The van der Waals surface area contributed by atoms with E-state index in [1.54, 1.807) is 0 Å². The molecule has 15 heavy (non-hydrogen) atoms. The molecule has 0 aromatic heterocycles. The predicted octanol–water partition coefficient (Wildman–Crippen LogP) is 1.39. The highest BCUT2D eigenvalue weighted by atomic mass is 16.2. The van der Waals surface area contributed by atoms with Gasteiger partial charge in [0.2, 0.25) is 5.91 Å². The lowest BCUT2D eigenvalue weighted by atomic mass is 9.90. The van der Waals surface area contributed by atoms with Gasteiger partial charge in [-0.25, -0.2) is 0 Å². The van der Waals surface area contributed by atoms with Crippen LogP contribution in [-0.4, -0.2) is 36.0 Å². The van der Waals surface area contributed by atoms with E-state index in [-0.39, 0.29) is 5.92 Å². The van der Waals surface area contributed by atoms with Gasteiger partial charge in [-0.3, -0.25) is 4.79 Å². The molecule has 1 amide bonds. The van der Waals surface area contributed by atoms with Crippen LogP contribution in [0.5, 0.6) is 0 Å². The van der Waals surface area contributed by atoms with Crippen molar-refractivity contribution in [2.75, 3.05) is 13.1 Å². The summed E-state index contributed by atoms with van der Waals surface area (Å²) in [5, 5.41) is 3.40. The van der Waals surface area contributed by atoms with E-state index in [0.29, 0.717) is 18.0 Å². The van der Waals surface area contributed by atoms with Crippen LogP contribution >= 0.6 is 0 Å². The van der Waals surface area contributed by atoms with Gasteiger partial charge in [0.05, 0.1) is 5.92 Å². The third-order valence-corrected chi connectivity index (χ3v) is 3.92. The van der Waals surface area contributed by atoms with Crippen molar-refractivity contribution in [2.24, 2.45) is 5.92 Å². The predicted molar refractivity (Wildman–Crippen MR) is 60.6 cm³/mol. The van der Waals surface area contributed by atoms with Crippen LogP contribution in [0, 0.1) is 5.92 Å². The number of hydrogen-bond acceptors (Lipinski definition) is 2. The molecule has 1 N–H and O–H groups in total. The third-order valence-electron chi connectivity index (χ3n) is 3.92. The average Bonchev–Trinajstić information content (AvgIpc) is 2.64. The first kappa shape index (κ1) is 10.9. The number of amides is 1. The van der Waals surface area contributed by atoms with Crippen molar-refractivity contribution in [3.8, 4) is 0 Å². The van der Waals surface area contributed by atoms with Crippen LogP contribution < -0.4 is 5.32 Å². The van der Waals surface area contributed by atoms with E-state index < -0.39 is 0 Å². The molecular formula is C12H22N2O. The van der Waals surface area contributed by atoms with Crippen LogP contribution in [-0.2, 0) is 4.79 Å². The standard InChI is InChI=1S/C12H22N2O/c1-9-5-4-8-14(9)12(15)11-6-3-7-13-10(11)2/h9-11,13H,3-8H2,1-2H3. The maximum Gasteiger partial charge on any atom is 0.227 e. The molecule has 0 aromatic carbocycles. The van der Waals surface area contributed by atoms with Gasteiger partial charge in [-0.05, 0) is 46.1 Å². The first-order chi connectivity index (χ1) is 7.20. The van der Waals surface area contributed by atoms with Crippen LogP contribution in [0.25, 0.3) is 0 Å². The van der Waals surface area contributed by atoms with Gasteiger partial charge in [-0.1, -0.05) is 0 Å². The Hall–Kier alpha value is -0.570. The van der Waals surface area contributed by atoms with Crippen molar-refractivity contribution in [3.63, 3.8) is 0 Å². The number of carbonyl (C=O) groups excluding carboxylic acids is 1. The number of nitrogens with zero attached hydrogens (tertiary/aromatic N) is 1. The molecule has 86 valence electrons. The van der Waals surface area contributed by atoms with E-state index in [1.165, 1.54) is 12.8 Å². The molecule has 0 saturated carbocycles. The molecule has 2 aliphatic heterocycles. The summed E-state index contributed by atoms with van der Waals surface area (Å²) >= 11 is 0. The molecule has 2 aliphatic rings. The Bertz CT molecular complexity index is 242. The minimum atomic E-state index is 0.222. The normalized spacial score (nSPS) is 36.9. The van der Waals surface area contributed by atoms with Crippen molar-refractivity contribution < 1.29 is 4.79 Å². The second kappa shape index (κ2) is 4.52. The number of rotatable bonds is 1. The third kappa shape index (κ3) is 2.17. The average molecular weight is 210 g/mol. The van der Waals surface area contributed by atoms with Crippen LogP contribution in [0.3, 0.4) is 0 Å². The van der Waals surface area contributed by atoms with Gasteiger partial charge >= 0.3 is 0 Å². The van der Waals surface area contributed by atoms with E-state index in [4.69, 9.17) is 0 Å². The topological polar surface area (TPSA) is 32.3 Å². The van der Waals surface area contributed by atoms with Crippen LogP contribution in [0.1, 0.15) is 39.5 Å². The summed E-state index contributed by atoms with van der Waals surface area (Å²) < 4.78 is 0.